The predicted molar refractivity (Wildman–Crippen MR) is 163 cm³/mol. The minimum Gasteiger partial charge on any atom is -0.456 e. The first kappa shape index (κ1) is 33.6. The van der Waals surface area contributed by atoms with Crippen LogP contribution in [0.15, 0.2) is 23.8 Å². The summed E-state index contributed by atoms with van der Waals surface area (Å²) >= 11 is 0. The summed E-state index contributed by atoms with van der Waals surface area (Å²) in [5, 5.41) is 23.2. The summed E-state index contributed by atoms with van der Waals surface area (Å²) < 4.78 is 31.8. The fraction of sp³-hybridized carbons (Fsp3) is 0.829. The molecule has 0 radical (unpaired) electrons. The topological polar surface area (TPSA) is 121 Å². The van der Waals surface area contributed by atoms with Gasteiger partial charge >= 0.3 is 11.9 Å². The van der Waals surface area contributed by atoms with E-state index >= 15 is 0 Å². The molecule has 0 amide bonds. The van der Waals surface area contributed by atoms with Gasteiger partial charge in [-0.1, -0.05) is 53.7 Å². The fourth-order valence-corrected chi connectivity index (χ4v) is 10.6. The molecule has 2 aliphatic heterocycles. The molecule has 248 valence electrons. The van der Waals surface area contributed by atoms with Gasteiger partial charge in [0.25, 0.3) is 0 Å². The first-order valence-corrected chi connectivity index (χ1v) is 16.4. The SMILES string of the molecule is C=CC1OC2[C@@H](C)C3=C(C)[C@@H](OC(=O)C(O)[C@@H](C)CC(C)C)C[C@@]3(C(C)(C)O)[C@@H](C)[C@@H]3[C@]4(OC(C)=O)CO[C@@H]4C[C@H](O1)[C@@]23C. The third-order valence-electron chi connectivity index (χ3n) is 12.1. The molecule has 9 heteroatoms. The third kappa shape index (κ3) is 4.66. The highest BCUT2D eigenvalue weighted by atomic mass is 16.7. The smallest absolute Gasteiger partial charge is 0.335 e. The van der Waals surface area contributed by atoms with Gasteiger partial charge in [-0.3, -0.25) is 4.79 Å². The first-order valence-electron chi connectivity index (χ1n) is 16.4. The highest BCUT2D eigenvalue weighted by Crippen LogP contribution is 2.71. The van der Waals surface area contributed by atoms with Gasteiger partial charge in [-0.05, 0) is 56.6 Å². The molecule has 2 N–H and O–H groups in total. The van der Waals surface area contributed by atoms with Crippen LogP contribution in [-0.4, -0.2) is 76.8 Å². The molecule has 0 aromatic heterocycles. The van der Waals surface area contributed by atoms with Crippen molar-refractivity contribution in [3.8, 4) is 0 Å². The van der Waals surface area contributed by atoms with Crippen molar-refractivity contribution in [2.24, 2.45) is 40.4 Å². The van der Waals surface area contributed by atoms with E-state index in [-0.39, 0.29) is 54.6 Å². The summed E-state index contributed by atoms with van der Waals surface area (Å²) in [6.07, 6.45) is -0.317. The minimum absolute atomic E-state index is 0.215. The Morgan fingerprint density at radius 2 is 1.84 bits per heavy atom. The number of rotatable bonds is 8. The van der Waals surface area contributed by atoms with E-state index in [1.807, 2.05) is 27.7 Å². The number of fused-ring (bicyclic) bond motifs is 3. The van der Waals surface area contributed by atoms with Gasteiger partial charge in [-0.25, -0.2) is 4.79 Å². The van der Waals surface area contributed by atoms with E-state index in [1.165, 1.54) is 6.92 Å². The van der Waals surface area contributed by atoms with Crippen molar-refractivity contribution >= 4 is 11.9 Å². The Hall–Kier alpha value is -1.78. The van der Waals surface area contributed by atoms with Crippen LogP contribution in [0, 0.1) is 40.4 Å². The molecule has 13 atom stereocenters. The number of aliphatic hydroxyl groups excluding tert-OH is 1. The zero-order chi connectivity index (χ0) is 32.7. The average Bonchev–Trinajstić information content (AvgIpc) is 3.18. The van der Waals surface area contributed by atoms with Crippen molar-refractivity contribution in [3.63, 3.8) is 0 Å². The van der Waals surface area contributed by atoms with Gasteiger partial charge in [0.2, 0.25) is 0 Å². The molecule has 2 heterocycles. The number of ether oxygens (including phenoxy) is 5. The largest absolute Gasteiger partial charge is 0.456 e. The fourth-order valence-electron chi connectivity index (χ4n) is 10.6. The molecule has 44 heavy (non-hydrogen) atoms. The van der Waals surface area contributed by atoms with Crippen LogP contribution in [-0.2, 0) is 33.3 Å². The quantitative estimate of drug-likeness (QED) is 0.294. The van der Waals surface area contributed by atoms with E-state index in [0.29, 0.717) is 25.2 Å². The van der Waals surface area contributed by atoms with E-state index in [1.54, 1.807) is 6.08 Å². The highest BCUT2D eigenvalue weighted by Gasteiger charge is 2.78. The molecular weight excluding hydrogens is 564 g/mol. The lowest BCUT2D eigenvalue weighted by Gasteiger charge is -2.68. The van der Waals surface area contributed by atoms with Gasteiger partial charge in [-0.2, -0.15) is 0 Å². The van der Waals surface area contributed by atoms with Gasteiger partial charge in [-0.15, -0.1) is 0 Å². The summed E-state index contributed by atoms with van der Waals surface area (Å²) in [4.78, 5) is 26.1. The van der Waals surface area contributed by atoms with E-state index in [9.17, 15) is 19.8 Å². The number of hydrogen-bond acceptors (Lipinski definition) is 9. The molecule has 5 aliphatic rings. The lowest BCUT2D eigenvalue weighted by atomic mass is 9.47. The molecule has 0 aromatic carbocycles. The summed E-state index contributed by atoms with van der Waals surface area (Å²) in [6, 6.07) is 0. The Kier molecular flexibility index (Phi) is 8.53. The number of carbonyl (C=O) groups excluding carboxylic acids is 2. The second-order valence-electron chi connectivity index (χ2n) is 15.6. The summed E-state index contributed by atoms with van der Waals surface area (Å²) in [6.45, 7) is 23.7. The van der Waals surface area contributed by atoms with E-state index in [0.717, 1.165) is 11.1 Å². The Morgan fingerprint density at radius 1 is 1.18 bits per heavy atom. The van der Waals surface area contributed by atoms with Gasteiger partial charge < -0.3 is 33.9 Å². The molecule has 3 aliphatic carbocycles. The monoisotopic (exact) mass is 618 g/mol. The highest BCUT2D eigenvalue weighted by molar-refractivity contribution is 5.75. The maximum Gasteiger partial charge on any atom is 0.335 e. The molecule has 9 nitrogen and oxygen atoms in total. The van der Waals surface area contributed by atoms with Crippen LogP contribution in [0.4, 0.5) is 0 Å². The van der Waals surface area contributed by atoms with Crippen LogP contribution in [0.3, 0.4) is 0 Å². The second kappa shape index (κ2) is 11.2. The summed E-state index contributed by atoms with van der Waals surface area (Å²) in [5.74, 6) is -1.77. The second-order valence-corrected chi connectivity index (χ2v) is 15.6. The molecule has 4 fully saturated rings. The van der Waals surface area contributed by atoms with Crippen molar-refractivity contribution < 1.29 is 43.5 Å². The van der Waals surface area contributed by atoms with Crippen LogP contribution in [0.5, 0.6) is 0 Å². The van der Waals surface area contributed by atoms with Crippen LogP contribution < -0.4 is 0 Å². The number of aliphatic hydroxyl groups is 2. The normalized spacial score (nSPS) is 44.4. The zero-order valence-electron chi connectivity index (χ0n) is 28.2. The molecule has 5 rings (SSSR count). The van der Waals surface area contributed by atoms with Gasteiger partial charge in [0, 0.05) is 42.4 Å². The van der Waals surface area contributed by atoms with E-state index in [2.05, 4.69) is 41.2 Å². The standard InChI is InChI=1S/C35H54O9/c1-12-26-42-24-14-25-35(16-40-25,44-22(8)36)29-21(7)34(32(9,10)39)15-23(41-31(38)28(37)18(4)13-17(2)3)19(5)27(34)20(6)30(43-26)33(24,29)11/h12,17-18,20-21,23-26,28-30,37,39H,1,13-16H2,2-11H3/t18-,20-,21-,23-,24-,25+,26?,28?,29-,30?,33+,34+,35-/m0/s1. The van der Waals surface area contributed by atoms with Gasteiger partial charge in [0.15, 0.2) is 18.0 Å². The number of hydrogen-bond donors (Lipinski definition) is 2. The number of esters is 2. The molecular formula is C35H54O9. The molecule has 3 unspecified atom stereocenters. The Labute approximate surface area is 262 Å². The lowest BCUT2D eigenvalue weighted by molar-refractivity contribution is -0.387. The van der Waals surface area contributed by atoms with Crippen molar-refractivity contribution in [1.29, 1.82) is 0 Å². The van der Waals surface area contributed by atoms with Crippen molar-refractivity contribution in [1.82, 2.24) is 0 Å². The van der Waals surface area contributed by atoms with Crippen LogP contribution in [0.25, 0.3) is 0 Å². The maximum absolute atomic E-state index is 13.4. The van der Waals surface area contributed by atoms with Crippen LogP contribution >= 0.6 is 0 Å². The average molecular weight is 619 g/mol. The van der Waals surface area contributed by atoms with Gasteiger partial charge in [0.05, 0.1) is 24.4 Å². The molecule has 2 saturated heterocycles. The van der Waals surface area contributed by atoms with E-state index in [4.69, 9.17) is 23.7 Å². The Balaban J connectivity index is 1.67. The predicted octanol–water partition coefficient (Wildman–Crippen LogP) is 4.73. The third-order valence-corrected chi connectivity index (χ3v) is 12.1. The zero-order valence-corrected chi connectivity index (χ0v) is 28.2. The molecule has 0 aromatic rings. The molecule has 0 bridgehead atoms. The number of carbonyl (C=O) groups is 2. The summed E-state index contributed by atoms with van der Waals surface area (Å²) in [5.41, 5.74) is -1.83. The maximum atomic E-state index is 13.4. The Bertz CT molecular complexity index is 1200. The van der Waals surface area contributed by atoms with Crippen molar-refractivity contribution in [3.05, 3.63) is 23.8 Å². The van der Waals surface area contributed by atoms with Crippen LogP contribution in [0.1, 0.15) is 88.5 Å². The van der Waals surface area contributed by atoms with Gasteiger partial charge in [0.1, 0.15) is 12.2 Å². The van der Waals surface area contributed by atoms with E-state index < -0.39 is 46.5 Å². The van der Waals surface area contributed by atoms with Crippen molar-refractivity contribution in [2.75, 3.05) is 6.61 Å². The molecule has 0 spiro atoms. The van der Waals surface area contributed by atoms with Crippen molar-refractivity contribution in [2.45, 2.75) is 137 Å². The molecule has 2 saturated carbocycles. The minimum atomic E-state index is -1.27. The first-order chi connectivity index (χ1) is 20.4. The Morgan fingerprint density at radius 3 is 2.36 bits per heavy atom. The lowest BCUT2D eigenvalue weighted by Crippen LogP contribution is -2.78. The van der Waals surface area contributed by atoms with Crippen LogP contribution in [0.2, 0.25) is 0 Å². The summed E-state index contributed by atoms with van der Waals surface area (Å²) in [7, 11) is 0.